The van der Waals surface area contributed by atoms with Gasteiger partial charge in [-0.05, 0) is 13.1 Å². The Labute approximate surface area is 55.2 Å². The molecule has 0 aliphatic carbocycles. The summed E-state index contributed by atoms with van der Waals surface area (Å²) in [5, 5.41) is 6.55. The Bertz CT molecular complexity index is 115. The molecule has 1 aliphatic heterocycles. The summed E-state index contributed by atoms with van der Waals surface area (Å²) in [6.45, 7) is 4.28. The van der Waals surface area contributed by atoms with Crippen molar-refractivity contribution in [3.8, 4) is 0 Å². The third kappa shape index (κ3) is 1.82. The number of rotatable bonds is 0. The van der Waals surface area contributed by atoms with E-state index in [4.69, 9.17) is 11.8 Å². The molecule has 0 bridgehead atoms. The first-order valence-corrected chi connectivity index (χ1v) is 6.03. The maximum absolute atomic E-state index is 5.18. The molecule has 2 N–H and O–H groups in total. The predicted molar refractivity (Wildman–Crippen MR) is 40.8 cm³/mol. The number of hydrogen-bond acceptors (Lipinski definition) is 1. The molecule has 1 heterocycles. The molecule has 0 amide bonds. The maximum atomic E-state index is 5.18. The minimum atomic E-state index is -1.25. The lowest BCUT2D eigenvalue weighted by molar-refractivity contribution is 0.721. The minimum absolute atomic E-state index is 1.10. The SMILES string of the molecule is CP1(=S)NCCCN1. The van der Waals surface area contributed by atoms with Crippen molar-refractivity contribution in [2.24, 2.45) is 0 Å². The third-order valence-corrected chi connectivity index (χ3v) is 3.61. The van der Waals surface area contributed by atoms with E-state index >= 15 is 0 Å². The van der Waals surface area contributed by atoms with E-state index < -0.39 is 6.34 Å². The molecule has 1 saturated heterocycles. The van der Waals surface area contributed by atoms with Gasteiger partial charge in [-0.3, -0.25) is 10.2 Å². The molecule has 0 aromatic heterocycles. The molecule has 1 rings (SSSR count). The van der Waals surface area contributed by atoms with Crippen LogP contribution in [0.5, 0.6) is 0 Å². The summed E-state index contributed by atoms with van der Waals surface area (Å²) in [5.74, 6) is 0. The van der Waals surface area contributed by atoms with Crippen LogP contribution in [0.3, 0.4) is 0 Å². The van der Waals surface area contributed by atoms with Gasteiger partial charge in [0.15, 0.2) is 0 Å². The molecule has 0 atom stereocenters. The average molecular weight is 150 g/mol. The second kappa shape index (κ2) is 2.44. The van der Waals surface area contributed by atoms with E-state index in [2.05, 4.69) is 16.8 Å². The summed E-state index contributed by atoms with van der Waals surface area (Å²) in [6, 6.07) is 0. The van der Waals surface area contributed by atoms with Crippen molar-refractivity contribution in [2.45, 2.75) is 6.42 Å². The highest BCUT2D eigenvalue weighted by Crippen LogP contribution is 2.31. The zero-order valence-electron chi connectivity index (χ0n) is 4.98. The van der Waals surface area contributed by atoms with Crippen LogP contribution in [0.2, 0.25) is 0 Å². The van der Waals surface area contributed by atoms with Crippen LogP contribution in [0.25, 0.3) is 0 Å². The first kappa shape index (κ1) is 6.69. The van der Waals surface area contributed by atoms with E-state index in [-0.39, 0.29) is 0 Å². The van der Waals surface area contributed by atoms with Crippen molar-refractivity contribution >= 4 is 18.1 Å². The molecule has 4 heteroatoms. The molecule has 0 radical (unpaired) electrons. The van der Waals surface area contributed by atoms with Crippen LogP contribution in [0, 0.1) is 0 Å². The Morgan fingerprint density at radius 1 is 1.38 bits per heavy atom. The normalized spacial score (nSPS) is 27.6. The Morgan fingerprint density at radius 3 is 2.12 bits per heavy atom. The molecule has 8 heavy (non-hydrogen) atoms. The smallest absolute Gasteiger partial charge is 0.0693 e. The zero-order valence-corrected chi connectivity index (χ0v) is 6.69. The van der Waals surface area contributed by atoms with Gasteiger partial charge in [0.25, 0.3) is 0 Å². The van der Waals surface area contributed by atoms with Crippen LogP contribution in [0.4, 0.5) is 0 Å². The Morgan fingerprint density at radius 2 is 1.88 bits per heavy atom. The molecule has 0 aromatic carbocycles. The number of hydrogen-bond donors (Lipinski definition) is 2. The highest BCUT2D eigenvalue weighted by molar-refractivity contribution is 8.12. The summed E-state index contributed by atoms with van der Waals surface area (Å²) >= 11 is 5.18. The zero-order chi connectivity index (χ0) is 6.04. The van der Waals surface area contributed by atoms with Gasteiger partial charge in [-0.2, -0.15) is 0 Å². The molecule has 1 fully saturated rings. The lowest BCUT2D eigenvalue weighted by atomic mass is 10.4. The summed E-state index contributed by atoms with van der Waals surface area (Å²) in [5.41, 5.74) is 0. The van der Waals surface area contributed by atoms with Crippen molar-refractivity contribution in [3.05, 3.63) is 0 Å². The van der Waals surface area contributed by atoms with Gasteiger partial charge in [0.1, 0.15) is 0 Å². The predicted octanol–water partition coefficient (Wildman–Crippen LogP) is 0.509. The highest BCUT2D eigenvalue weighted by atomic mass is 32.4. The molecular formula is C4H11N2PS. The van der Waals surface area contributed by atoms with Crippen LogP contribution >= 0.6 is 6.34 Å². The van der Waals surface area contributed by atoms with Gasteiger partial charge >= 0.3 is 0 Å². The molecule has 0 unspecified atom stereocenters. The Kier molecular flexibility index (Phi) is 2.04. The Hall–Kier alpha value is 0.570. The average Bonchev–Trinajstić information content (AvgIpc) is 1.65. The van der Waals surface area contributed by atoms with Gasteiger partial charge in [0, 0.05) is 13.1 Å². The van der Waals surface area contributed by atoms with Crippen LogP contribution in [0.15, 0.2) is 0 Å². The molecular weight excluding hydrogens is 139 g/mol. The molecule has 1 aliphatic rings. The van der Waals surface area contributed by atoms with Crippen LogP contribution in [0.1, 0.15) is 6.42 Å². The first-order valence-electron chi connectivity index (χ1n) is 2.78. The second-order valence-corrected chi connectivity index (χ2v) is 6.77. The fourth-order valence-corrected chi connectivity index (χ4v) is 2.56. The lowest BCUT2D eigenvalue weighted by Crippen LogP contribution is -2.30. The molecule has 0 spiro atoms. The van der Waals surface area contributed by atoms with E-state index in [0.29, 0.717) is 0 Å². The molecule has 0 saturated carbocycles. The second-order valence-electron chi connectivity index (χ2n) is 2.09. The summed E-state index contributed by atoms with van der Waals surface area (Å²) < 4.78 is 0. The standard InChI is InChI=1S/C4H11N2PS/c1-7(8)5-3-2-4-6-7/h2-4H2,1H3,(H2,5,6,8). The fourth-order valence-electron chi connectivity index (χ4n) is 0.729. The first-order chi connectivity index (χ1) is 3.71. The fraction of sp³-hybridized carbons (Fsp3) is 1.00. The largest absolute Gasteiger partial charge is 0.278 e. The van der Waals surface area contributed by atoms with Gasteiger partial charge in [0.2, 0.25) is 0 Å². The van der Waals surface area contributed by atoms with Crippen molar-refractivity contribution in [3.63, 3.8) is 0 Å². The highest BCUT2D eigenvalue weighted by Gasteiger charge is 2.10. The monoisotopic (exact) mass is 150 g/mol. The van der Waals surface area contributed by atoms with Crippen LogP contribution in [-0.2, 0) is 11.8 Å². The van der Waals surface area contributed by atoms with Crippen molar-refractivity contribution in [1.82, 2.24) is 10.2 Å². The summed E-state index contributed by atoms with van der Waals surface area (Å²) in [4.78, 5) is 0. The van der Waals surface area contributed by atoms with Gasteiger partial charge < -0.3 is 0 Å². The van der Waals surface area contributed by atoms with E-state index in [1.54, 1.807) is 0 Å². The van der Waals surface area contributed by atoms with Crippen molar-refractivity contribution in [1.29, 1.82) is 0 Å². The lowest BCUT2D eigenvalue weighted by Gasteiger charge is -2.24. The van der Waals surface area contributed by atoms with Gasteiger partial charge in [-0.15, -0.1) is 0 Å². The third-order valence-electron chi connectivity index (χ3n) is 1.18. The van der Waals surface area contributed by atoms with E-state index in [1.807, 2.05) is 0 Å². The summed E-state index contributed by atoms with van der Waals surface area (Å²) in [6.07, 6.45) is -0.0388. The van der Waals surface area contributed by atoms with Gasteiger partial charge in [-0.25, -0.2) is 0 Å². The van der Waals surface area contributed by atoms with Crippen LogP contribution < -0.4 is 10.2 Å². The van der Waals surface area contributed by atoms with E-state index in [9.17, 15) is 0 Å². The molecule has 2 nitrogen and oxygen atoms in total. The van der Waals surface area contributed by atoms with Crippen LogP contribution in [-0.4, -0.2) is 19.8 Å². The molecule has 0 aromatic rings. The van der Waals surface area contributed by atoms with E-state index in [0.717, 1.165) is 13.1 Å². The Balaban J connectivity index is 2.45. The molecule has 48 valence electrons. The quantitative estimate of drug-likeness (QED) is 0.492. The summed E-state index contributed by atoms with van der Waals surface area (Å²) in [7, 11) is 0. The van der Waals surface area contributed by atoms with Crippen molar-refractivity contribution < 1.29 is 0 Å². The topological polar surface area (TPSA) is 24.1 Å². The minimum Gasteiger partial charge on any atom is -0.278 e. The van der Waals surface area contributed by atoms with Gasteiger partial charge in [0.05, 0.1) is 6.34 Å². The number of nitrogens with one attached hydrogen (secondary N) is 2. The van der Waals surface area contributed by atoms with E-state index in [1.165, 1.54) is 6.42 Å². The maximum Gasteiger partial charge on any atom is 0.0693 e. The van der Waals surface area contributed by atoms with Gasteiger partial charge in [-0.1, -0.05) is 11.8 Å². The van der Waals surface area contributed by atoms with Crippen molar-refractivity contribution in [2.75, 3.05) is 19.8 Å².